The number of ether oxygens (including phenoxy) is 6. The number of hydrogen-bond donors (Lipinski definition) is 0. The van der Waals surface area contributed by atoms with Crippen molar-refractivity contribution < 1.29 is 47.6 Å². The first-order valence-corrected chi connectivity index (χ1v) is 12.8. The zero-order valence-corrected chi connectivity index (χ0v) is 23.6. The molecule has 12 heteroatoms. The van der Waals surface area contributed by atoms with Gasteiger partial charge >= 0.3 is 17.9 Å². The van der Waals surface area contributed by atoms with Crippen molar-refractivity contribution in [2.24, 2.45) is 5.16 Å². The van der Waals surface area contributed by atoms with Crippen LogP contribution in [-0.2, 0) is 49.3 Å². The van der Waals surface area contributed by atoms with E-state index in [0.29, 0.717) is 22.8 Å². The first-order valence-electron chi connectivity index (χ1n) is 12.4. The predicted molar refractivity (Wildman–Crippen MR) is 143 cm³/mol. The zero-order valence-electron chi connectivity index (χ0n) is 22.8. The first-order chi connectivity index (χ1) is 19.1. The van der Waals surface area contributed by atoms with Crippen molar-refractivity contribution in [1.29, 1.82) is 0 Å². The number of esters is 3. The van der Waals surface area contributed by atoms with Gasteiger partial charge in [-0.15, -0.1) is 0 Å². The summed E-state index contributed by atoms with van der Waals surface area (Å²) < 4.78 is 33.6. The molecule has 5 atom stereocenters. The molecule has 0 saturated carbocycles. The Morgan fingerprint density at radius 3 is 2.12 bits per heavy atom. The van der Waals surface area contributed by atoms with Crippen LogP contribution in [0.1, 0.15) is 43.6 Å². The highest BCUT2D eigenvalue weighted by Crippen LogP contribution is 2.39. The van der Waals surface area contributed by atoms with Gasteiger partial charge in [-0.05, 0) is 41.3 Å². The minimum atomic E-state index is -1.20. The Labute approximate surface area is 237 Å². The monoisotopic (exact) mass is 577 g/mol. The molecule has 1 aliphatic heterocycles. The summed E-state index contributed by atoms with van der Waals surface area (Å²) in [5.74, 6) is -1.29. The van der Waals surface area contributed by atoms with Crippen molar-refractivity contribution >= 4 is 35.7 Å². The molecule has 0 aliphatic carbocycles. The van der Waals surface area contributed by atoms with Gasteiger partial charge in [-0.3, -0.25) is 14.4 Å². The topological polar surface area (TPSA) is 128 Å². The molecular weight excluding hydrogens is 546 g/mol. The summed E-state index contributed by atoms with van der Waals surface area (Å²) in [6.45, 7) is 3.88. The molecule has 0 unspecified atom stereocenters. The lowest BCUT2D eigenvalue weighted by Gasteiger charge is -2.44. The summed E-state index contributed by atoms with van der Waals surface area (Å²) in [6.07, 6.45) is -3.61. The van der Waals surface area contributed by atoms with Gasteiger partial charge in [0.05, 0.1) is 6.21 Å². The number of carbonyl (C=O) groups is 3. The van der Waals surface area contributed by atoms with Crippen LogP contribution >= 0.6 is 11.6 Å². The van der Waals surface area contributed by atoms with E-state index in [2.05, 4.69) is 9.99 Å². The largest absolute Gasteiger partial charge is 0.488 e. The molecule has 40 heavy (non-hydrogen) atoms. The SMILES string of the molecule is CO/N=C/COc1ccc(Cc2cc([C@@H]3O[C@H](OC)[C@@H](OC(C)=O)[C@H](OC(C)=O)[C@H]3OC(C)=O)ccc2Cl)cc1. The van der Waals surface area contributed by atoms with Crippen LogP contribution in [0.25, 0.3) is 0 Å². The summed E-state index contributed by atoms with van der Waals surface area (Å²) in [6, 6.07) is 12.7. The van der Waals surface area contributed by atoms with Crippen molar-refractivity contribution in [1.82, 2.24) is 0 Å². The van der Waals surface area contributed by atoms with E-state index in [4.69, 9.17) is 40.0 Å². The van der Waals surface area contributed by atoms with E-state index in [-0.39, 0.29) is 6.61 Å². The van der Waals surface area contributed by atoms with Crippen LogP contribution in [0, 0.1) is 0 Å². The first kappa shape index (κ1) is 30.9. The molecule has 2 aromatic carbocycles. The zero-order chi connectivity index (χ0) is 29.2. The third-order valence-corrected chi connectivity index (χ3v) is 6.22. The maximum atomic E-state index is 12.1. The molecule has 3 rings (SSSR count). The normalized spacial score (nSPS) is 22.4. The summed E-state index contributed by atoms with van der Waals surface area (Å²) >= 11 is 6.54. The second-order valence-corrected chi connectivity index (χ2v) is 9.24. The van der Waals surface area contributed by atoms with E-state index in [0.717, 1.165) is 11.1 Å². The second kappa shape index (κ2) is 14.6. The lowest BCUT2D eigenvalue weighted by atomic mass is 9.91. The van der Waals surface area contributed by atoms with Gasteiger partial charge in [0.1, 0.15) is 25.6 Å². The van der Waals surface area contributed by atoms with Crippen LogP contribution in [0.15, 0.2) is 47.6 Å². The van der Waals surface area contributed by atoms with Gasteiger partial charge in [0.15, 0.2) is 24.6 Å². The summed E-state index contributed by atoms with van der Waals surface area (Å²) in [5.41, 5.74) is 2.31. The standard InChI is InChI=1S/C28H32ClNO10/c1-16(31)37-25-24(40-28(34-4)27(39-18(3)33)26(25)38-17(2)32)20-8-11-23(29)21(15-20)14-19-6-9-22(10-7-19)36-13-12-30-35-5/h6-12,15,24-28H,13-14H2,1-5H3/b30-12+/t24-,25-,26+,27-,28-/m0/s1. The Kier molecular flexibility index (Phi) is 11.3. The van der Waals surface area contributed by atoms with E-state index in [1.807, 2.05) is 30.3 Å². The van der Waals surface area contributed by atoms with E-state index >= 15 is 0 Å². The van der Waals surface area contributed by atoms with Crippen molar-refractivity contribution in [3.63, 3.8) is 0 Å². The lowest BCUT2D eigenvalue weighted by Crippen LogP contribution is -2.58. The van der Waals surface area contributed by atoms with Gasteiger partial charge in [0, 0.05) is 32.9 Å². The molecular formula is C28H32ClNO10. The molecule has 2 aromatic rings. The average molecular weight is 578 g/mol. The molecule has 1 heterocycles. The van der Waals surface area contributed by atoms with E-state index in [1.165, 1.54) is 41.2 Å². The summed E-state index contributed by atoms with van der Waals surface area (Å²) in [7, 11) is 2.82. The molecule has 0 N–H and O–H groups in total. The van der Waals surface area contributed by atoms with E-state index in [1.54, 1.807) is 12.1 Å². The van der Waals surface area contributed by atoms with Gasteiger partial charge in [-0.25, -0.2) is 0 Å². The Morgan fingerprint density at radius 1 is 0.900 bits per heavy atom. The molecule has 0 amide bonds. The Balaban J connectivity index is 1.91. The molecule has 0 aromatic heterocycles. The third kappa shape index (κ3) is 8.41. The van der Waals surface area contributed by atoms with Gasteiger partial charge < -0.3 is 33.3 Å². The highest BCUT2D eigenvalue weighted by Gasteiger charge is 2.52. The molecule has 1 saturated heterocycles. The minimum absolute atomic E-state index is 0.265. The molecule has 1 aliphatic rings. The van der Waals surface area contributed by atoms with Crippen molar-refractivity contribution in [2.45, 2.75) is 57.9 Å². The van der Waals surface area contributed by atoms with Crippen LogP contribution in [0.4, 0.5) is 0 Å². The highest BCUT2D eigenvalue weighted by atomic mass is 35.5. The fraction of sp³-hybridized carbons (Fsp3) is 0.429. The van der Waals surface area contributed by atoms with Crippen LogP contribution in [0.5, 0.6) is 5.75 Å². The highest BCUT2D eigenvalue weighted by molar-refractivity contribution is 6.31. The van der Waals surface area contributed by atoms with Gasteiger partial charge in [-0.2, -0.15) is 0 Å². The van der Waals surface area contributed by atoms with Crippen molar-refractivity contribution in [2.75, 3.05) is 20.8 Å². The van der Waals surface area contributed by atoms with Gasteiger partial charge in [-0.1, -0.05) is 41.0 Å². The van der Waals surface area contributed by atoms with Crippen LogP contribution in [-0.4, -0.2) is 69.6 Å². The molecule has 0 bridgehead atoms. The lowest BCUT2D eigenvalue weighted by molar-refractivity contribution is -0.300. The van der Waals surface area contributed by atoms with Gasteiger partial charge in [0.2, 0.25) is 0 Å². The number of oxime groups is 1. The number of nitrogens with zero attached hydrogens (tertiary/aromatic N) is 1. The van der Waals surface area contributed by atoms with E-state index in [9.17, 15) is 14.4 Å². The smallest absolute Gasteiger partial charge is 0.303 e. The minimum Gasteiger partial charge on any atom is -0.488 e. The summed E-state index contributed by atoms with van der Waals surface area (Å²) in [4.78, 5) is 40.5. The van der Waals surface area contributed by atoms with Crippen LogP contribution in [0.3, 0.4) is 0 Å². The van der Waals surface area contributed by atoms with Gasteiger partial charge in [0.25, 0.3) is 0 Å². The Bertz CT molecular complexity index is 1200. The van der Waals surface area contributed by atoms with Crippen molar-refractivity contribution in [3.05, 3.63) is 64.2 Å². The molecule has 0 radical (unpaired) electrons. The molecule has 1 fully saturated rings. The number of carbonyl (C=O) groups excluding carboxylic acids is 3. The van der Waals surface area contributed by atoms with Crippen LogP contribution in [0.2, 0.25) is 5.02 Å². The maximum Gasteiger partial charge on any atom is 0.303 e. The average Bonchev–Trinajstić information content (AvgIpc) is 2.90. The van der Waals surface area contributed by atoms with E-state index < -0.39 is 48.6 Å². The van der Waals surface area contributed by atoms with Crippen LogP contribution < -0.4 is 4.74 Å². The molecule has 11 nitrogen and oxygen atoms in total. The fourth-order valence-corrected chi connectivity index (χ4v) is 4.49. The third-order valence-electron chi connectivity index (χ3n) is 5.85. The number of rotatable bonds is 11. The fourth-order valence-electron chi connectivity index (χ4n) is 4.30. The maximum absolute atomic E-state index is 12.1. The number of halogens is 1. The number of hydrogen-bond acceptors (Lipinski definition) is 11. The second-order valence-electron chi connectivity index (χ2n) is 8.84. The Hall–Kier alpha value is -3.67. The summed E-state index contributed by atoms with van der Waals surface area (Å²) in [5, 5.41) is 4.14. The molecule has 0 spiro atoms. The molecule has 216 valence electrons. The quantitative estimate of drug-likeness (QED) is 0.168. The number of methoxy groups -OCH3 is 1. The van der Waals surface area contributed by atoms with Crippen molar-refractivity contribution in [3.8, 4) is 5.75 Å². The number of benzene rings is 2. The Morgan fingerprint density at radius 2 is 1.52 bits per heavy atom. The predicted octanol–water partition coefficient (Wildman–Crippen LogP) is 3.78.